The van der Waals surface area contributed by atoms with E-state index in [1.165, 1.54) is 23.8 Å². The van der Waals surface area contributed by atoms with E-state index in [0.29, 0.717) is 66.1 Å². The van der Waals surface area contributed by atoms with Gasteiger partial charge in [0.05, 0.1) is 0 Å². The topological polar surface area (TPSA) is 215 Å². The van der Waals surface area contributed by atoms with E-state index in [-0.39, 0.29) is 29.8 Å². The molecule has 4 aliphatic rings. The first-order valence-corrected chi connectivity index (χ1v) is 21.2. The zero-order chi connectivity index (χ0) is 45.1. The van der Waals surface area contributed by atoms with Gasteiger partial charge in [0.2, 0.25) is 18.1 Å². The van der Waals surface area contributed by atoms with Gasteiger partial charge < -0.3 is 30.0 Å². The number of alkyl halides is 1. The molecule has 2 aromatic rings. The smallest absolute Gasteiger partial charge is 0.413 e. The zero-order valence-electron chi connectivity index (χ0n) is 34.4. The number of ether oxygens (including phenoxy) is 3. The van der Waals surface area contributed by atoms with Crippen LogP contribution >= 0.6 is 34.8 Å². The Morgan fingerprint density at radius 3 is 1.46 bits per heavy atom. The Labute approximate surface area is 368 Å². The summed E-state index contributed by atoms with van der Waals surface area (Å²) in [4.78, 5) is 97.5. The minimum absolute atomic E-state index is 0.0199. The van der Waals surface area contributed by atoms with Crippen molar-refractivity contribution >= 4 is 82.3 Å². The van der Waals surface area contributed by atoms with Crippen LogP contribution in [0.15, 0.2) is 48.5 Å². The third-order valence-electron chi connectivity index (χ3n) is 11.0. The average Bonchev–Trinajstić information content (AvgIpc) is 3.87. The number of amides is 4. The first kappa shape index (κ1) is 48.7. The lowest BCUT2D eigenvalue weighted by atomic mass is 9.74. The molecule has 0 spiro atoms. The number of hydrogen-bond donors (Lipinski definition) is 3. The molecule has 4 amide bonds. The highest BCUT2D eigenvalue weighted by atomic mass is 35.5. The Balaban J connectivity index is 0.000000230. The molecule has 4 unspecified atom stereocenters. The molecule has 6 rings (SSSR count). The number of aliphatic carboxylic acids is 1. The number of esters is 1. The number of carbonyl (C=O) groups excluding carboxylic acids is 7. The molecule has 4 fully saturated rings. The molecule has 19 heteroatoms. The Bertz CT molecular complexity index is 1980. The number of ketones is 2. The van der Waals surface area contributed by atoms with Crippen LogP contribution in [-0.4, -0.2) is 100 Å². The van der Waals surface area contributed by atoms with Crippen molar-refractivity contribution in [1.82, 2.24) is 20.4 Å². The molecule has 0 radical (unpaired) electrons. The summed E-state index contributed by atoms with van der Waals surface area (Å²) in [7, 11) is 3.05. The number of carboxylic acid groups (broad SMARTS) is 1. The monoisotopic (exact) mass is 908 g/mol. The van der Waals surface area contributed by atoms with E-state index in [9.17, 15) is 38.4 Å². The molecule has 2 aliphatic carbocycles. The molecule has 6 atom stereocenters. The van der Waals surface area contributed by atoms with Crippen LogP contribution in [0.5, 0.6) is 0 Å². The van der Waals surface area contributed by atoms with Crippen LogP contribution in [-0.2, 0) is 54.1 Å². The molecule has 16 nitrogen and oxygen atoms in total. The standard InChI is InChI=1S/C21H25ClN2O6.C16H19Cl2NO3.C5H7NO3/c1-13(29-19(27)16-10-11-18(26)23-16)30-20(28)24(2)21(12-6-5-9-17(21)25)14-7-3-4-8-15(14)22;1-11(17)22-15(21)19(2)16(10-6-5-9-14(16)20)12-7-3-4-8-13(12)18;7-4-2-1-3(6-4)5(8)9/h3-4,7-8,13,16H,5-6,9-12H2,1-2H3,(H,23,26);3-4,7-8,11H,5-6,9-10H2,1-2H3;3H,1-2H2,(H,6,7)(H,8,9)/t13?,16?,21-;11?,16-;/m00./s1. The summed E-state index contributed by atoms with van der Waals surface area (Å²) < 4.78 is 15.5. The molecule has 0 bridgehead atoms. The number of carbonyl (C=O) groups is 8. The highest BCUT2D eigenvalue weighted by Crippen LogP contribution is 2.44. The van der Waals surface area contributed by atoms with Crippen LogP contribution in [0.2, 0.25) is 10.0 Å². The van der Waals surface area contributed by atoms with Crippen molar-refractivity contribution in [2.24, 2.45) is 0 Å². The van der Waals surface area contributed by atoms with Crippen LogP contribution in [0.4, 0.5) is 9.59 Å². The van der Waals surface area contributed by atoms with Gasteiger partial charge in [0, 0.05) is 67.9 Å². The number of hydrogen-bond acceptors (Lipinski definition) is 11. The summed E-state index contributed by atoms with van der Waals surface area (Å²) in [5.41, 5.74) is -1.90. The maximum Gasteiger partial charge on any atom is 0.413 e. The van der Waals surface area contributed by atoms with Gasteiger partial charge in [-0.3, -0.25) is 29.0 Å². The summed E-state index contributed by atoms with van der Waals surface area (Å²) in [6.07, 6.45) is 3.58. The molecule has 2 aromatic carbocycles. The average molecular weight is 910 g/mol. The van der Waals surface area contributed by atoms with Crippen molar-refractivity contribution < 1.29 is 57.7 Å². The summed E-state index contributed by atoms with van der Waals surface area (Å²) in [5, 5.41) is 14.0. The van der Waals surface area contributed by atoms with Crippen LogP contribution in [0.3, 0.4) is 0 Å². The summed E-state index contributed by atoms with van der Waals surface area (Å²) in [5.74, 6) is -2.13. The molecule has 3 N–H and O–H groups in total. The van der Waals surface area contributed by atoms with E-state index >= 15 is 0 Å². The number of carboxylic acids is 1. The molecular formula is C42H51Cl3N4O12. The van der Waals surface area contributed by atoms with Crippen molar-refractivity contribution in [3.63, 3.8) is 0 Å². The molecule has 61 heavy (non-hydrogen) atoms. The number of halogens is 3. The Hall–Kier alpha value is -4.93. The highest BCUT2D eigenvalue weighted by molar-refractivity contribution is 6.32. The van der Waals surface area contributed by atoms with Gasteiger partial charge in [0.1, 0.15) is 23.2 Å². The third-order valence-corrected chi connectivity index (χ3v) is 11.8. The summed E-state index contributed by atoms with van der Waals surface area (Å²) in [6, 6.07) is 12.7. The summed E-state index contributed by atoms with van der Waals surface area (Å²) in [6.45, 7) is 2.96. The van der Waals surface area contributed by atoms with Gasteiger partial charge in [-0.1, -0.05) is 71.2 Å². The predicted molar refractivity (Wildman–Crippen MR) is 223 cm³/mol. The van der Waals surface area contributed by atoms with E-state index in [1.54, 1.807) is 56.4 Å². The quantitative estimate of drug-likeness (QED) is 0.138. The van der Waals surface area contributed by atoms with Gasteiger partial charge in [-0.05, 0) is 70.4 Å². The third kappa shape index (κ3) is 11.7. The second kappa shape index (κ2) is 21.7. The van der Waals surface area contributed by atoms with E-state index in [2.05, 4.69) is 10.6 Å². The lowest BCUT2D eigenvalue weighted by Crippen LogP contribution is -2.55. The molecule has 2 saturated carbocycles. The van der Waals surface area contributed by atoms with E-state index in [0.717, 1.165) is 25.7 Å². The maximum atomic E-state index is 13.0. The molecule has 0 aromatic heterocycles. The molecule has 2 aliphatic heterocycles. The SMILES string of the molecule is CC(Cl)OC(=O)N(C)[C@]1(c2ccccc2Cl)CCCCC1=O.CC(OC(=O)C1CCC(=O)N1)OC(=O)N(C)[C@]1(c2ccccc2Cl)CCCCC1=O.O=C1CCC(C(=O)O)N1. The number of benzene rings is 2. The molecule has 2 saturated heterocycles. The van der Waals surface area contributed by atoms with Crippen LogP contribution < -0.4 is 10.6 Å². The van der Waals surface area contributed by atoms with Gasteiger partial charge in [-0.25, -0.2) is 19.2 Å². The van der Waals surface area contributed by atoms with Gasteiger partial charge in [0.15, 0.2) is 17.1 Å². The number of nitrogens with one attached hydrogen (secondary N) is 2. The van der Waals surface area contributed by atoms with Gasteiger partial charge in [-0.2, -0.15) is 0 Å². The van der Waals surface area contributed by atoms with Gasteiger partial charge in [0.25, 0.3) is 0 Å². The number of rotatable bonds is 9. The lowest BCUT2D eigenvalue weighted by molar-refractivity contribution is -0.170. The predicted octanol–water partition coefficient (Wildman–Crippen LogP) is 6.60. The first-order valence-electron chi connectivity index (χ1n) is 20.0. The first-order chi connectivity index (χ1) is 28.8. The largest absolute Gasteiger partial charge is 0.480 e. The fourth-order valence-corrected chi connectivity index (χ4v) is 8.53. The highest BCUT2D eigenvalue weighted by Gasteiger charge is 2.50. The Kier molecular flexibility index (Phi) is 17.4. The Morgan fingerprint density at radius 1 is 0.672 bits per heavy atom. The lowest BCUT2D eigenvalue weighted by Gasteiger charge is -2.43. The summed E-state index contributed by atoms with van der Waals surface area (Å²) >= 11 is 18.4. The minimum Gasteiger partial charge on any atom is -0.480 e. The van der Waals surface area contributed by atoms with Crippen molar-refractivity contribution in [1.29, 1.82) is 0 Å². The van der Waals surface area contributed by atoms with Crippen molar-refractivity contribution in [2.45, 2.75) is 126 Å². The van der Waals surface area contributed by atoms with E-state index in [1.807, 2.05) is 6.07 Å². The second-order valence-electron chi connectivity index (χ2n) is 15.0. The maximum absolute atomic E-state index is 13.0. The fourth-order valence-electron chi connectivity index (χ4n) is 7.87. The number of nitrogens with zero attached hydrogens (tertiary/aromatic N) is 2. The second-order valence-corrected chi connectivity index (χ2v) is 16.5. The normalized spacial score (nSPS) is 24.2. The molecule has 2 heterocycles. The van der Waals surface area contributed by atoms with Crippen molar-refractivity contribution in [2.75, 3.05) is 14.1 Å². The van der Waals surface area contributed by atoms with Crippen LogP contribution in [0.1, 0.15) is 102 Å². The van der Waals surface area contributed by atoms with E-state index < -0.39 is 59.1 Å². The van der Waals surface area contributed by atoms with E-state index in [4.69, 9.17) is 54.1 Å². The van der Waals surface area contributed by atoms with Crippen molar-refractivity contribution in [3.8, 4) is 0 Å². The zero-order valence-corrected chi connectivity index (χ0v) is 36.6. The fraction of sp³-hybridized carbons (Fsp3) is 0.524. The van der Waals surface area contributed by atoms with Crippen molar-refractivity contribution in [3.05, 3.63) is 69.7 Å². The minimum atomic E-state index is -1.24. The van der Waals surface area contributed by atoms with Crippen LogP contribution in [0.25, 0.3) is 0 Å². The number of Topliss-reactive ketones (excluding diaryl/α,β-unsaturated/α-hetero) is 2. The molecular weight excluding hydrogens is 859 g/mol. The number of likely N-dealkylation sites (N-methyl/N-ethyl adjacent to an activating group) is 2. The van der Waals surface area contributed by atoms with Gasteiger partial charge >= 0.3 is 24.1 Å². The Morgan fingerprint density at radius 2 is 1.10 bits per heavy atom. The van der Waals surface area contributed by atoms with Crippen LogP contribution in [0, 0.1) is 0 Å². The van der Waals surface area contributed by atoms with Gasteiger partial charge in [-0.15, -0.1) is 0 Å². The molecule has 332 valence electrons.